The second-order valence-electron chi connectivity index (χ2n) is 11.7. The van der Waals surface area contributed by atoms with Gasteiger partial charge in [-0.2, -0.15) is 13.2 Å². The van der Waals surface area contributed by atoms with Gasteiger partial charge in [-0.1, -0.05) is 25.5 Å². The van der Waals surface area contributed by atoms with E-state index in [9.17, 15) is 18.0 Å². The number of carbonyl (C=O) groups excluding carboxylic acids is 1. The summed E-state index contributed by atoms with van der Waals surface area (Å²) in [6, 6.07) is 9.51. The van der Waals surface area contributed by atoms with Crippen LogP contribution in [0.5, 0.6) is 5.75 Å². The molecule has 1 aliphatic carbocycles. The number of aryl methyl sites for hydroxylation is 1. The van der Waals surface area contributed by atoms with Crippen molar-refractivity contribution in [3.8, 4) is 5.75 Å². The summed E-state index contributed by atoms with van der Waals surface area (Å²) in [4.78, 5) is 15.6. The Labute approximate surface area is 239 Å². The van der Waals surface area contributed by atoms with Crippen LogP contribution in [0.3, 0.4) is 0 Å². The van der Waals surface area contributed by atoms with Crippen LogP contribution in [0.1, 0.15) is 75.3 Å². The molecule has 2 atom stereocenters. The second kappa shape index (κ2) is 11.1. The summed E-state index contributed by atoms with van der Waals surface area (Å²) in [5, 5.41) is 0.278. The van der Waals surface area contributed by atoms with Gasteiger partial charge in [-0.3, -0.25) is 4.79 Å². The van der Waals surface area contributed by atoms with E-state index in [1.165, 1.54) is 12.5 Å². The lowest BCUT2D eigenvalue weighted by molar-refractivity contribution is -0.137. The molecule has 40 heavy (non-hydrogen) atoms. The lowest BCUT2D eigenvalue weighted by atomic mass is 9.72. The van der Waals surface area contributed by atoms with Gasteiger partial charge in [0.2, 0.25) is 5.91 Å². The van der Waals surface area contributed by atoms with E-state index in [0.717, 1.165) is 54.0 Å². The Hall–Kier alpha value is -3.07. The van der Waals surface area contributed by atoms with Crippen LogP contribution in [0, 0.1) is 12.3 Å². The normalized spacial score (nSPS) is 20.9. The van der Waals surface area contributed by atoms with Gasteiger partial charge >= 0.3 is 6.18 Å². The minimum atomic E-state index is -4.44. The predicted molar refractivity (Wildman–Crippen MR) is 155 cm³/mol. The zero-order valence-electron chi connectivity index (χ0n) is 24.1. The van der Waals surface area contributed by atoms with E-state index in [1.807, 2.05) is 30.0 Å². The maximum absolute atomic E-state index is 13.5. The molecule has 0 bridgehead atoms. The van der Waals surface area contributed by atoms with Gasteiger partial charge in [-0.25, -0.2) is 0 Å². The first-order chi connectivity index (χ1) is 18.6. The molecule has 5 nitrogen and oxygen atoms in total. The van der Waals surface area contributed by atoms with Crippen molar-refractivity contribution in [2.24, 2.45) is 5.41 Å². The smallest absolute Gasteiger partial charge is 0.416 e. The van der Waals surface area contributed by atoms with Crippen molar-refractivity contribution in [2.45, 2.75) is 72.2 Å². The van der Waals surface area contributed by atoms with Crippen molar-refractivity contribution < 1.29 is 27.4 Å². The maximum Gasteiger partial charge on any atom is 0.416 e. The van der Waals surface area contributed by atoms with E-state index >= 15 is 0 Å². The van der Waals surface area contributed by atoms with Crippen LogP contribution in [0.2, 0.25) is 0 Å². The van der Waals surface area contributed by atoms with Gasteiger partial charge in [0.1, 0.15) is 11.9 Å². The largest absolute Gasteiger partial charge is 0.496 e. The van der Waals surface area contributed by atoms with Crippen LogP contribution in [-0.4, -0.2) is 42.7 Å². The molecule has 0 spiro atoms. The number of ether oxygens (including phenoxy) is 2. The third-order valence-electron chi connectivity index (χ3n) is 8.05. The fourth-order valence-electron chi connectivity index (χ4n) is 5.72. The van der Waals surface area contributed by atoms with Crippen molar-refractivity contribution in [1.82, 2.24) is 4.90 Å². The minimum absolute atomic E-state index is 0.0584. The van der Waals surface area contributed by atoms with Gasteiger partial charge in [-0.15, -0.1) is 0 Å². The van der Waals surface area contributed by atoms with Crippen molar-refractivity contribution in [3.05, 3.63) is 64.2 Å². The molecule has 0 saturated carbocycles. The molecule has 1 saturated heterocycles. The first-order valence-corrected chi connectivity index (χ1v) is 13.8. The SMILES string of the molecule is COc1ccc(N(C)C(C)=O)cc1C1=C(CN2C(=S)O[C@H](c3cc(C)cc(C(F)(F)F)c3)[C@@H]2C)CC(C)(C)CC1. The summed E-state index contributed by atoms with van der Waals surface area (Å²) in [7, 11) is 3.37. The number of amides is 1. The highest BCUT2D eigenvalue weighted by Gasteiger charge is 2.40. The summed E-state index contributed by atoms with van der Waals surface area (Å²) >= 11 is 5.64. The van der Waals surface area contributed by atoms with Crippen LogP contribution >= 0.6 is 12.2 Å². The highest BCUT2D eigenvalue weighted by Crippen LogP contribution is 2.46. The van der Waals surface area contributed by atoms with Crippen molar-refractivity contribution in [3.63, 3.8) is 0 Å². The Morgan fingerprint density at radius 1 is 1.23 bits per heavy atom. The Morgan fingerprint density at radius 2 is 1.93 bits per heavy atom. The number of anilines is 1. The summed E-state index contributed by atoms with van der Waals surface area (Å²) in [6.45, 7) is 10.1. The Balaban J connectivity index is 1.73. The van der Waals surface area contributed by atoms with Gasteiger partial charge in [0.15, 0.2) is 0 Å². The number of carbonyl (C=O) groups is 1. The molecule has 216 valence electrons. The number of benzene rings is 2. The molecular formula is C31H37F3N2O3S. The minimum Gasteiger partial charge on any atom is -0.496 e. The molecule has 1 amide bonds. The molecule has 9 heteroatoms. The van der Waals surface area contributed by atoms with Crippen LogP contribution in [0.4, 0.5) is 18.9 Å². The summed E-state index contributed by atoms with van der Waals surface area (Å²) in [6.07, 6.45) is -2.45. The van der Waals surface area contributed by atoms with Gasteiger partial charge in [-0.05, 0) is 97.8 Å². The molecule has 2 aromatic carbocycles. The summed E-state index contributed by atoms with van der Waals surface area (Å²) in [5.74, 6) is 0.651. The first-order valence-electron chi connectivity index (χ1n) is 13.4. The predicted octanol–water partition coefficient (Wildman–Crippen LogP) is 7.72. The zero-order valence-corrected chi connectivity index (χ0v) is 24.9. The molecule has 2 aliphatic rings. The Kier molecular flexibility index (Phi) is 8.28. The van der Waals surface area contributed by atoms with Gasteiger partial charge in [0.05, 0.1) is 18.7 Å². The quantitative estimate of drug-likeness (QED) is 0.331. The standard InChI is InChI=1S/C31H37F3N2O3S/c1-18-12-21(14-23(13-18)31(32,33)34)28-19(2)36(29(40)39-28)17-22-16-30(4,5)11-10-25(22)26-15-24(35(6)20(3)37)8-9-27(26)38-7/h8-9,12-15,19,28H,10-11,16-17H2,1-7H3/t19-,28-/m0/s1. The van der Waals surface area contributed by atoms with E-state index in [2.05, 4.69) is 13.8 Å². The molecule has 1 aliphatic heterocycles. The molecule has 0 aromatic heterocycles. The maximum atomic E-state index is 13.5. The summed E-state index contributed by atoms with van der Waals surface area (Å²) in [5.41, 5.74) is 4.37. The highest BCUT2D eigenvalue weighted by molar-refractivity contribution is 7.80. The second-order valence-corrected chi connectivity index (χ2v) is 12.0. The van der Waals surface area contributed by atoms with Crippen LogP contribution in [-0.2, 0) is 15.7 Å². The van der Waals surface area contributed by atoms with Gasteiger partial charge in [0.25, 0.3) is 5.17 Å². The average Bonchev–Trinajstić information content (AvgIpc) is 3.15. The third kappa shape index (κ3) is 6.14. The average molecular weight is 575 g/mol. The molecule has 1 heterocycles. The fraction of sp³-hybridized carbons (Fsp3) is 0.484. The number of hydrogen-bond donors (Lipinski definition) is 0. The molecular weight excluding hydrogens is 537 g/mol. The molecule has 1 fully saturated rings. The number of nitrogens with zero attached hydrogens (tertiary/aromatic N) is 2. The number of hydrogen-bond acceptors (Lipinski definition) is 4. The number of thiocarbonyl (C=S) groups is 1. The molecule has 4 rings (SSSR count). The lowest BCUT2D eigenvalue weighted by Crippen LogP contribution is -2.35. The summed E-state index contributed by atoms with van der Waals surface area (Å²) < 4.78 is 52.4. The molecule has 0 N–H and O–H groups in total. The van der Waals surface area contributed by atoms with E-state index in [0.29, 0.717) is 17.7 Å². The molecule has 0 unspecified atom stereocenters. The highest BCUT2D eigenvalue weighted by atomic mass is 32.1. The third-order valence-corrected chi connectivity index (χ3v) is 8.38. The lowest BCUT2D eigenvalue weighted by Gasteiger charge is -2.36. The number of halogens is 3. The fourth-order valence-corrected chi connectivity index (χ4v) is 6.05. The van der Waals surface area contributed by atoms with Crippen molar-refractivity contribution in [1.29, 1.82) is 0 Å². The molecule has 2 aromatic rings. The van der Waals surface area contributed by atoms with Gasteiger partial charge in [0, 0.05) is 31.8 Å². The Bertz CT molecular complexity index is 1350. The van der Waals surface area contributed by atoms with E-state index < -0.39 is 17.8 Å². The number of allylic oxidation sites excluding steroid dienone is 1. The number of rotatable bonds is 6. The topological polar surface area (TPSA) is 42.0 Å². The first kappa shape index (κ1) is 29.9. The van der Waals surface area contributed by atoms with Gasteiger partial charge < -0.3 is 19.3 Å². The Morgan fingerprint density at radius 3 is 2.55 bits per heavy atom. The zero-order chi connectivity index (χ0) is 29.6. The molecule has 0 radical (unpaired) electrons. The van der Waals surface area contributed by atoms with Crippen molar-refractivity contribution >= 4 is 34.6 Å². The monoisotopic (exact) mass is 574 g/mol. The number of alkyl halides is 3. The van der Waals surface area contributed by atoms with Crippen LogP contribution < -0.4 is 9.64 Å². The van der Waals surface area contributed by atoms with Crippen LogP contribution in [0.25, 0.3) is 5.57 Å². The van der Waals surface area contributed by atoms with E-state index in [1.54, 1.807) is 32.0 Å². The van der Waals surface area contributed by atoms with E-state index in [-0.39, 0.29) is 22.5 Å². The van der Waals surface area contributed by atoms with E-state index in [4.69, 9.17) is 21.7 Å². The van der Waals surface area contributed by atoms with Crippen molar-refractivity contribution in [2.75, 3.05) is 25.6 Å². The number of methoxy groups -OCH3 is 1. The van der Waals surface area contributed by atoms with Crippen LogP contribution in [0.15, 0.2) is 42.0 Å².